The lowest BCUT2D eigenvalue weighted by Crippen LogP contribution is -2.41. The minimum absolute atomic E-state index is 0.288. The van der Waals surface area contributed by atoms with Crippen LogP contribution in [0.25, 0.3) is 0 Å². The summed E-state index contributed by atoms with van der Waals surface area (Å²) in [5.41, 5.74) is 4.30. The van der Waals surface area contributed by atoms with E-state index in [2.05, 4.69) is 10.5 Å². The second-order valence-electron chi connectivity index (χ2n) is 5.96. The maximum absolute atomic E-state index is 12.8. The Morgan fingerprint density at radius 1 is 1.19 bits per heavy atom. The molecule has 0 bridgehead atoms. The molecule has 1 fully saturated rings. The van der Waals surface area contributed by atoms with Crippen LogP contribution < -0.4 is 5.43 Å². The van der Waals surface area contributed by atoms with Gasteiger partial charge in [-0.1, -0.05) is 24.3 Å². The molecule has 1 saturated heterocycles. The number of rotatable bonds is 4. The van der Waals surface area contributed by atoms with E-state index in [4.69, 9.17) is 9.84 Å². The predicted octanol–water partition coefficient (Wildman–Crippen LogP) is 2.64. The third-order valence-electron chi connectivity index (χ3n) is 4.13. The van der Waals surface area contributed by atoms with Crippen LogP contribution in [0, 0.1) is 5.82 Å². The molecule has 1 unspecified atom stereocenters. The summed E-state index contributed by atoms with van der Waals surface area (Å²) in [5.74, 6) is -0.851. The molecule has 1 heterocycles. The number of carbonyl (C=O) groups is 2. The molecule has 0 aliphatic carbocycles. The van der Waals surface area contributed by atoms with Crippen molar-refractivity contribution in [2.45, 2.75) is 6.10 Å². The summed E-state index contributed by atoms with van der Waals surface area (Å²) in [6, 6.07) is 12.4. The van der Waals surface area contributed by atoms with Gasteiger partial charge in [-0.15, -0.1) is 0 Å². The number of amides is 2. The zero-order chi connectivity index (χ0) is 19.2. The number of hydrogen-bond donors (Lipinski definition) is 2. The zero-order valence-electron chi connectivity index (χ0n) is 14.3. The molecule has 2 N–H and O–H groups in total. The number of nitrogens with one attached hydrogen (secondary N) is 1. The van der Waals surface area contributed by atoms with Gasteiger partial charge in [-0.25, -0.2) is 14.6 Å². The molecule has 8 heteroatoms. The highest BCUT2D eigenvalue weighted by molar-refractivity contribution is 5.94. The van der Waals surface area contributed by atoms with Crippen molar-refractivity contribution in [2.24, 2.45) is 5.10 Å². The van der Waals surface area contributed by atoms with E-state index in [1.54, 1.807) is 12.1 Å². The number of hydrazone groups is 1. The fourth-order valence-corrected chi connectivity index (χ4v) is 2.65. The van der Waals surface area contributed by atoms with Crippen molar-refractivity contribution in [3.8, 4) is 0 Å². The van der Waals surface area contributed by atoms with E-state index in [0.717, 1.165) is 11.1 Å². The molecule has 2 aromatic rings. The highest BCUT2D eigenvalue weighted by Gasteiger charge is 2.24. The molecule has 0 radical (unpaired) electrons. The molecule has 0 aromatic heterocycles. The predicted molar refractivity (Wildman–Crippen MR) is 96.2 cm³/mol. The SMILES string of the molecule is O=C(NN=Cc1ccc(C2CN(C(=O)O)CCO2)cc1)c1ccc(F)cc1. The van der Waals surface area contributed by atoms with Gasteiger partial charge in [-0.3, -0.25) is 4.79 Å². The second-order valence-corrected chi connectivity index (χ2v) is 5.96. The first-order valence-corrected chi connectivity index (χ1v) is 8.31. The Morgan fingerprint density at radius 2 is 1.89 bits per heavy atom. The largest absolute Gasteiger partial charge is 0.465 e. The molecular formula is C19H18FN3O4. The normalized spacial score (nSPS) is 17.1. The number of ether oxygens (including phenoxy) is 1. The van der Waals surface area contributed by atoms with E-state index in [-0.39, 0.29) is 12.6 Å². The Labute approximate surface area is 155 Å². The average molecular weight is 371 g/mol. The van der Waals surface area contributed by atoms with Crippen LogP contribution in [0.2, 0.25) is 0 Å². The van der Waals surface area contributed by atoms with Gasteiger partial charge in [-0.05, 0) is 35.4 Å². The zero-order valence-corrected chi connectivity index (χ0v) is 14.3. The molecule has 0 saturated carbocycles. The molecule has 7 nitrogen and oxygen atoms in total. The number of hydrogen-bond acceptors (Lipinski definition) is 4. The van der Waals surface area contributed by atoms with E-state index in [1.165, 1.54) is 35.4 Å². The van der Waals surface area contributed by atoms with Crippen molar-refractivity contribution in [3.05, 3.63) is 71.0 Å². The Balaban J connectivity index is 1.57. The Morgan fingerprint density at radius 3 is 2.56 bits per heavy atom. The van der Waals surface area contributed by atoms with Crippen molar-refractivity contribution in [1.82, 2.24) is 10.3 Å². The van der Waals surface area contributed by atoms with E-state index < -0.39 is 17.8 Å². The molecule has 2 aromatic carbocycles. The van der Waals surface area contributed by atoms with Crippen LogP contribution in [-0.2, 0) is 4.74 Å². The highest BCUT2D eigenvalue weighted by Crippen LogP contribution is 2.22. The molecule has 1 aliphatic rings. The molecule has 140 valence electrons. The van der Waals surface area contributed by atoms with Crippen molar-refractivity contribution in [2.75, 3.05) is 19.7 Å². The van der Waals surface area contributed by atoms with Crippen LogP contribution in [-0.4, -0.2) is 47.9 Å². The third kappa shape index (κ3) is 4.89. The highest BCUT2D eigenvalue weighted by atomic mass is 19.1. The van der Waals surface area contributed by atoms with E-state index in [9.17, 15) is 14.0 Å². The Kier molecular flexibility index (Phi) is 5.77. The number of halogens is 1. The van der Waals surface area contributed by atoms with Crippen LogP contribution in [0.5, 0.6) is 0 Å². The van der Waals surface area contributed by atoms with Crippen molar-refractivity contribution < 1.29 is 23.8 Å². The fraction of sp³-hybridized carbons (Fsp3) is 0.211. The number of morpholine rings is 1. The van der Waals surface area contributed by atoms with Gasteiger partial charge in [0.1, 0.15) is 11.9 Å². The lowest BCUT2D eigenvalue weighted by molar-refractivity contribution is -0.0232. The Bertz CT molecular complexity index is 837. The van der Waals surface area contributed by atoms with Crippen LogP contribution >= 0.6 is 0 Å². The molecule has 1 atom stereocenters. The number of carboxylic acid groups (broad SMARTS) is 1. The molecule has 2 amide bonds. The molecular weight excluding hydrogens is 353 g/mol. The van der Waals surface area contributed by atoms with E-state index in [0.29, 0.717) is 18.7 Å². The summed E-state index contributed by atoms with van der Waals surface area (Å²) < 4.78 is 18.5. The molecule has 27 heavy (non-hydrogen) atoms. The van der Waals surface area contributed by atoms with Gasteiger partial charge in [0, 0.05) is 12.1 Å². The minimum atomic E-state index is -0.955. The van der Waals surface area contributed by atoms with Crippen molar-refractivity contribution in [3.63, 3.8) is 0 Å². The fourth-order valence-electron chi connectivity index (χ4n) is 2.65. The molecule has 3 rings (SSSR count). The van der Waals surface area contributed by atoms with Gasteiger partial charge < -0.3 is 14.7 Å². The van der Waals surface area contributed by atoms with Gasteiger partial charge in [0.05, 0.1) is 19.4 Å². The van der Waals surface area contributed by atoms with Gasteiger partial charge in [-0.2, -0.15) is 5.10 Å². The smallest absolute Gasteiger partial charge is 0.407 e. The van der Waals surface area contributed by atoms with Crippen molar-refractivity contribution in [1.29, 1.82) is 0 Å². The summed E-state index contributed by atoms with van der Waals surface area (Å²) in [4.78, 5) is 24.3. The quantitative estimate of drug-likeness (QED) is 0.638. The van der Waals surface area contributed by atoms with Crippen LogP contribution in [0.4, 0.5) is 9.18 Å². The minimum Gasteiger partial charge on any atom is -0.465 e. The maximum Gasteiger partial charge on any atom is 0.407 e. The van der Waals surface area contributed by atoms with Crippen LogP contribution in [0.1, 0.15) is 27.6 Å². The maximum atomic E-state index is 12.8. The van der Waals surface area contributed by atoms with E-state index in [1.807, 2.05) is 12.1 Å². The monoisotopic (exact) mass is 371 g/mol. The van der Waals surface area contributed by atoms with Gasteiger partial charge in [0.2, 0.25) is 0 Å². The molecule has 1 aliphatic heterocycles. The average Bonchev–Trinajstić information content (AvgIpc) is 2.69. The summed E-state index contributed by atoms with van der Waals surface area (Å²) in [6.07, 6.45) is 0.221. The Hall–Kier alpha value is -3.26. The van der Waals surface area contributed by atoms with Gasteiger partial charge in [0.15, 0.2) is 0 Å². The summed E-state index contributed by atoms with van der Waals surface area (Å²) in [7, 11) is 0. The lowest BCUT2D eigenvalue weighted by Gasteiger charge is -2.31. The number of benzene rings is 2. The second kappa shape index (κ2) is 8.41. The molecule has 0 spiro atoms. The summed E-state index contributed by atoms with van der Waals surface area (Å²) in [6.45, 7) is 1.01. The topological polar surface area (TPSA) is 91.2 Å². The number of carbonyl (C=O) groups excluding carboxylic acids is 1. The standard InChI is InChI=1S/C19H18FN3O4/c20-16-7-5-15(6-8-16)18(24)22-21-11-13-1-3-14(4-2-13)17-12-23(19(25)26)9-10-27-17/h1-8,11,17H,9-10,12H2,(H,22,24)(H,25,26). The van der Waals surface area contributed by atoms with Crippen LogP contribution in [0.15, 0.2) is 53.6 Å². The van der Waals surface area contributed by atoms with Gasteiger partial charge >= 0.3 is 6.09 Å². The first-order valence-electron chi connectivity index (χ1n) is 8.31. The van der Waals surface area contributed by atoms with Crippen molar-refractivity contribution >= 4 is 18.2 Å². The third-order valence-corrected chi connectivity index (χ3v) is 4.13. The van der Waals surface area contributed by atoms with Crippen LogP contribution in [0.3, 0.4) is 0 Å². The summed E-state index contributed by atoms with van der Waals surface area (Å²) >= 11 is 0. The van der Waals surface area contributed by atoms with Gasteiger partial charge in [0.25, 0.3) is 5.91 Å². The first kappa shape index (κ1) is 18.5. The van der Waals surface area contributed by atoms with E-state index >= 15 is 0 Å². The number of nitrogens with zero attached hydrogens (tertiary/aromatic N) is 2. The lowest BCUT2D eigenvalue weighted by atomic mass is 10.1. The first-order chi connectivity index (χ1) is 13.0. The summed E-state index contributed by atoms with van der Waals surface area (Å²) in [5, 5.41) is 13.0.